The summed E-state index contributed by atoms with van der Waals surface area (Å²) < 4.78 is 0. The molecule has 0 bridgehead atoms. The highest BCUT2D eigenvalue weighted by atomic mass is 14.3. The molecule has 1 rings (SSSR count). The van der Waals surface area contributed by atoms with E-state index in [1.165, 1.54) is 44.9 Å². The van der Waals surface area contributed by atoms with E-state index in [4.69, 9.17) is 0 Å². The highest BCUT2D eigenvalue weighted by molar-refractivity contribution is 4.72. The summed E-state index contributed by atoms with van der Waals surface area (Å²) in [6, 6.07) is 0. The highest BCUT2D eigenvalue weighted by Crippen LogP contribution is 2.33. The van der Waals surface area contributed by atoms with Crippen molar-refractivity contribution in [1.29, 1.82) is 0 Å². The van der Waals surface area contributed by atoms with Crippen LogP contribution >= 0.6 is 0 Å². The minimum atomic E-state index is 0.905. The Balaban J connectivity index is 1.94. The second-order valence-corrected chi connectivity index (χ2v) is 5.46. The number of hydrogen-bond donors (Lipinski definition) is 0. The molecule has 0 radical (unpaired) electrons. The Morgan fingerprint density at radius 1 is 1.15 bits per heavy atom. The average Bonchev–Trinajstić information content (AvgIpc) is 2.45. The maximum absolute atomic E-state index is 2.41. The second kappa shape index (κ2) is 5.67. The van der Waals surface area contributed by atoms with E-state index in [-0.39, 0.29) is 0 Å². The zero-order valence-electron chi connectivity index (χ0n) is 9.68. The van der Waals surface area contributed by atoms with E-state index < -0.39 is 0 Å². The van der Waals surface area contributed by atoms with Crippen LogP contribution in [0.5, 0.6) is 0 Å². The van der Waals surface area contributed by atoms with Crippen molar-refractivity contribution in [1.82, 2.24) is 0 Å². The summed E-state index contributed by atoms with van der Waals surface area (Å²) in [5, 5.41) is 0. The van der Waals surface area contributed by atoms with Crippen molar-refractivity contribution in [3.8, 4) is 0 Å². The maximum atomic E-state index is 2.41. The fraction of sp³-hybridized carbons (Fsp3) is 1.00. The Bertz CT molecular complexity index is 126. The molecule has 0 aliphatic heterocycles. The standard InChI is InChI=1S/C13H26/c1-11(2)6-4-5-7-13-9-8-12(3)10-13/h11-13H,4-10H2,1-3H3. The summed E-state index contributed by atoms with van der Waals surface area (Å²) in [5.41, 5.74) is 0. The summed E-state index contributed by atoms with van der Waals surface area (Å²) in [6.45, 7) is 7.07. The van der Waals surface area contributed by atoms with Crippen LogP contribution in [0, 0.1) is 17.8 Å². The molecular formula is C13H26. The van der Waals surface area contributed by atoms with Crippen molar-refractivity contribution >= 4 is 0 Å². The first-order valence-corrected chi connectivity index (χ1v) is 6.18. The molecule has 1 aliphatic carbocycles. The molecule has 2 atom stereocenters. The Morgan fingerprint density at radius 3 is 2.46 bits per heavy atom. The minimum Gasteiger partial charge on any atom is -0.0628 e. The van der Waals surface area contributed by atoms with Gasteiger partial charge < -0.3 is 0 Å². The van der Waals surface area contributed by atoms with Gasteiger partial charge in [0.15, 0.2) is 0 Å². The van der Waals surface area contributed by atoms with Crippen LogP contribution in [0.4, 0.5) is 0 Å². The summed E-state index contributed by atoms with van der Waals surface area (Å²) in [5.74, 6) is 3.01. The zero-order valence-corrected chi connectivity index (χ0v) is 9.68. The van der Waals surface area contributed by atoms with Crippen LogP contribution in [0.15, 0.2) is 0 Å². The normalized spacial score (nSPS) is 28.6. The molecular weight excluding hydrogens is 156 g/mol. The van der Waals surface area contributed by atoms with Crippen LogP contribution in [0.25, 0.3) is 0 Å². The molecule has 0 saturated heterocycles. The summed E-state index contributed by atoms with van der Waals surface area (Å²) in [7, 11) is 0. The zero-order chi connectivity index (χ0) is 9.68. The van der Waals surface area contributed by atoms with Crippen LogP contribution in [-0.4, -0.2) is 0 Å². The molecule has 13 heavy (non-hydrogen) atoms. The lowest BCUT2D eigenvalue weighted by Crippen LogP contribution is -1.95. The van der Waals surface area contributed by atoms with Crippen molar-refractivity contribution in [2.75, 3.05) is 0 Å². The molecule has 0 heterocycles. The molecule has 0 amide bonds. The van der Waals surface area contributed by atoms with Crippen molar-refractivity contribution < 1.29 is 0 Å². The molecule has 0 aromatic carbocycles. The molecule has 1 saturated carbocycles. The fourth-order valence-corrected chi connectivity index (χ4v) is 2.57. The van der Waals surface area contributed by atoms with Gasteiger partial charge in [0.2, 0.25) is 0 Å². The first-order valence-electron chi connectivity index (χ1n) is 6.18. The first kappa shape index (κ1) is 11.1. The minimum absolute atomic E-state index is 0.905. The van der Waals surface area contributed by atoms with E-state index in [9.17, 15) is 0 Å². The monoisotopic (exact) mass is 182 g/mol. The molecule has 78 valence electrons. The Morgan fingerprint density at radius 2 is 1.92 bits per heavy atom. The van der Waals surface area contributed by atoms with Crippen LogP contribution < -0.4 is 0 Å². The molecule has 1 aliphatic rings. The van der Waals surface area contributed by atoms with E-state index in [1.807, 2.05) is 0 Å². The van der Waals surface area contributed by atoms with E-state index in [2.05, 4.69) is 20.8 Å². The van der Waals surface area contributed by atoms with Gasteiger partial charge in [-0.05, 0) is 24.2 Å². The molecule has 0 heteroatoms. The molecule has 1 fully saturated rings. The van der Waals surface area contributed by atoms with Gasteiger partial charge in [0.25, 0.3) is 0 Å². The van der Waals surface area contributed by atoms with E-state index >= 15 is 0 Å². The van der Waals surface area contributed by atoms with Crippen LogP contribution in [-0.2, 0) is 0 Å². The van der Waals surface area contributed by atoms with Crippen LogP contribution in [0.3, 0.4) is 0 Å². The van der Waals surface area contributed by atoms with Gasteiger partial charge in [-0.25, -0.2) is 0 Å². The number of rotatable bonds is 5. The van der Waals surface area contributed by atoms with Crippen molar-refractivity contribution in [2.24, 2.45) is 17.8 Å². The SMILES string of the molecule is CC(C)CCCCC1CCC(C)C1. The predicted molar refractivity (Wildman–Crippen MR) is 59.8 cm³/mol. The molecule has 0 spiro atoms. The lowest BCUT2D eigenvalue weighted by molar-refractivity contribution is 0.435. The first-order chi connectivity index (χ1) is 6.18. The summed E-state index contributed by atoms with van der Waals surface area (Å²) >= 11 is 0. The van der Waals surface area contributed by atoms with E-state index in [0.29, 0.717) is 0 Å². The van der Waals surface area contributed by atoms with Crippen LogP contribution in [0.1, 0.15) is 65.7 Å². The molecule has 0 nitrogen and oxygen atoms in total. The predicted octanol–water partition coefficient (Wildman–Crippen LogP) is 4.64. The fourth-order valence-electron chi connectivity index (χ4n) is 2.57. The van der Waals surface area contributed by atoms with E-state index in [0.717, 1.165) is 17.8 Å². The van der Waals surface area contributed by atoms with Gasteiger partial charge in [-0.1, -0.05) is 59.3 Å². The van der Waals surface area contributed by atoms with Gasteiger partial charge >= 0.3 is 0 Å². The van der Waals surface area contributed by atoms with Crippen molar-refractivity contribution in [3.63, 3.8) is 0 Å². The van der Waals surface area contributed by atoms with Gasteiger partial charge in [-0.2, -0.15) is 0 Å². The quantitative estimate of drug-likeness (QED) is 0.543. The smallest absolute Gasteiger partial charge is 0.0412 e. The Hall–Kier alpha value is 0. The average molecular weight is 182 g/mol. The summed E-state index contributed by atoms with van der Waals surface area (Å²) in [6.07, 6.45) is 10.4. The van der Waals surface area contributed by atoms with Gasteiger partial charge in [0.1, 0.15) is 0 Å². The third-order valence-electron chi connectivity index (χ3n) is 3.45. The molecule has 0 N–H and O–H groups in total. The topological polar surface area (TPSA) is 0 Å². The van der Waals surface area contributed by atoms with Gasteiger partial charge in [0.05, 0.1) is 0 Å². The maximum Gasteiger partial charge on any atom is -0.0412 e. The molecule has 0 aromatic heterocycles. The molecule has 0 aromatic rings. The van der Waals surface area contributed by atoms with Crippen molar-refractivity contribution in [3.05, 3.63) is 0 Å². The van der Waals surface area contributed by atoms with Crippen LogP contribution in [0.2, 0.25) is 0 Å². The van der Waals surface area contributed by atoms with E-state index in [1.54, 1.807) is 0 Å². The largest absolute Gasteiger partial charge is 0.0628 e. The summed E-state index contributed by atoms with van der Waals surface area (Å²) in [4.78, 5) is 0. The van der Waals surface area contributed by atoms with Gasteiger partial charge in [-0.15, -0.1) is 0 Å². The highest BCUT2D eigenvalue weighted by Gasteiger charge is 2.20. The number of hydrogen-bond acceptors (Lipinski definition) is 0. The number of unbranched alkanes of at least 4 members (excludes halogenated alkanes) is 1. The van der Waals surface area contributed by atoms with Crippen molar-refractivity contribution in [2.45, 2.75) is 65.7 Å². The van der Waals surface area contributed by atoms with Gasteiger partial charge in [-0.3, -0.25) is 0 Å². The van der Waals surface area contributed by atoms with Gasteiger partial charge in [0, 0.05) is 0 Å². The third-order valence-corrected chi connectivity index (χ3v) is 3.45. The Labute approximate surface area is 84.1 Å². The molecule has 2 unspecified atom stereocenters. The lowest BCUT2D eigenvalue weighted by Gasteiger charge is -2.09. The lowest BCUT2D eigenvalue weighted by atomic mass is 9.97. The second-order valence-electron chi connectivity index (χ2n) is 5.46. The Kier molecular flexibility index (Phi) is 4.83. The third kappa shape index (κ3) is 4.69.